The second-order valence-corrected chi connectivity index (χ2v) is 12.0. The molecular weight excluding hydrogens is 567 g/mol. The fourth-order valence-corrected chi connectivity index (χ4v) is 5.90. The first-order chi connectivity index (χ1) is 21.3. The summed E-state index contributed by atoms with van der Waals surface area (Å²) in [6.07, 6.45) is 9.72. The number of nitrogens with zero attached hydrogens (tertiary/aromatic N) is 5. The molecule has 1 saturated carbocycles. The van der Waals surface area contributed by atoms with Crippen LogP contribution in [0.2, 0.25) is 0 Å². The van der Waals surface area contributed by atoms with Crippen LogP contribution in [0.3, 0.4) is 0 Å². The van der Waals surface area contributed by atoms with Crippen LogP contribution in [0.25, 0.3) is 0 Å². The average Bonchev–Trinajstić information content (AvgIpc) is 3.68. The standard InChI is InChI=1S/C31H41FN8O4/c1-20(2)16-26-30(42)33-11-13-39(31(43)25-18-34-37-28(25)21-6-4-3-5-7-21)12-10-23-19-40(38-36-23)14-15-44-27-9-8-22(32)17-24(27)29(41)35-26/h8-9,17-21,26H,3-7,10-16H2,1-2H3,(H,33,42)(H,34,37)(H,35,41)/t26-/m1/s1. The molecule has 0 radical (unpaired) electrons. The summed E-state index contributed by atoms with van der Waals surface area (Å²) in [5, 5.41) is 21.4. The van der Waals surface area contributed by atoms with Gasteiger partial charge in [-0.3, -0.25) is 19.5 Å². The number of rotatable bonds is 4. The van der Waals surface area contributed by atoms with Gasteiger partial charge in [0, 0.05) is 38.2 Å². The fourth-order valence-electron chi connectivity index (χ4n) is 5.90. The average molecular weight is 609 g/mol. The van der Waals surface area contributed by atoms with E-state index in [1.54, 1.807) is 22.0 Å². The Hall–Kier alpha value is -4.29. The first-order valence-electron chi connectivity index (χ1n) is 15.5. The molecule has 2 aliphatic rings. The molecule has 3 amide bonds. The van der Waals surface area contributed by atoms with Crippen molar-refractivity contribution >= 4 is 17.7 Å². The van der Waals surface area contributed by atoms with Crippen molar-refractivity contribution in [3.63, 3.8) is 0 Å². The minimum atomic E-state index is -0.863. The molecule has 236 valence electrons. The third-order valence-electron chi connectivity index (χ3n) is 8.20. The van der Waals surface area contributed by atoms with Crippen molar-refractivity contribution < 1.29 is 23.5 Å². The van der Waals surface area contributed by atoms with E-state index in [0.717, 1.165) is 37.4 Å². The number of hydrogen-bond acceptors (Lipinski definition) is 7. The molecule has 3 heterocycles. The van der Waals surface area contributed by atoms with Crippen LogP contribution in [-0.4, -0.2) is 80.1 Å². The van der Waals surface area contributed by atoms with Crippen LogP contribution in [0.4, 0.5) is 4.39 Å². The van der Waals surface area contributed by atoms with Crippen LogP contribution < -0.4 is 15.4 Å². The maximum absolute atomic E-state index is 14.2. The highest BCUT2D eigenvalue weighted by Gasteiger charge is 2.28. The van der Waals surface area contributed by atoms with E-state index in [1.807, 2.05) is 13.8 Å². The van der Waals surface area contributed by atoms with E-state index in [1.165, 1.54) is 18.6 Å². The lowest BCUT2D eigenvalue weighted by molar-refractivity contribution is -0.123. The van der Waals surface area contributed by atoms with E-state index in [-0.39, 0.29) is 54.7 Å². The van der Waals surface area contributed by atoms with Crippen LogP contribution in [0.15, 0.2) is 30.6 Å². The molecule has 1 aromatic carbocycles. The summed E-state index contributed by atoms with van der Waals surface area (Å²) in [5.74, 6) is -1.18. The molecule has 3 N–H and O–H groups in total. The summed E-state index contributed by atoms with van der Waals surface area (Å²) in [6, 6.07) is 2.86. The normalized spacial score (nSPS) is 19.4. The number of amides is 3. The van der Waals surface area contributed by atoms with E-state index in [0.29, 0.717) is 37.2 Å². The van der Waals surface area contributed by atoms with Gasteiger partial charge in [-0.25, -0.2) is 9.07 Å². The summed E-state index contributed by atoms with van der Waals surface area (Å²) < 4.78 is 21.6. The van der Waals surface area contributed by atoms with Crippen LogP contribution in [0.1, 0.15) is 90.4 Å². The van der Waals surface area contributed by atoms with Gasteiger partial charge in [0.05, 0.1) is 35.3 Å². The quantitative estimate of drug-likeness (QED) is 0.412. The molecule has 0 saturated heterocycles. The van der Waals surface area contributed by atoms with Crippen LogP contribution >= 0.6 is 0 Å². The monoisotopic (exact) mass is 608 g/mol. The molecule has 1 fully saturated rings. The highest BCUT2D eigenvalue weighted by atomic mass is 19.1. The zero-order valence-corrected chi connectivity index (χ0v) is 25.4. The van der Waals surface area contributed by atoms with Gasteiger partial charge in [-0.1, -0.05) is 38.3 Å². The van der Waals surface area contributed by atoms with Crippen LogP contribution in [-0.2, 0) is 17.8 Å². The van der Waals surface area contributed by atoms with Gasteiger partial charge in [0.1, 0.15) is 24.2 Å². The number of carbonyl (C=O) groups excluding carboxylic acids is 3. The van der Waals surface area contributed by atoms with E-state index in [4.69, 9.17) is 4.74 Å². The van der Waals surface area contributed by atoms with Crippen LogP contribution in [0.5, 0.6) is 5.75 Å². The Labute approximate surface area is 256 Å². The lowest BCUT2D eigenvalue weighted by Gasteiger charge is -2.26. The SMILES string of the molecule is CC(C)C[C@H]1NC(=O)c2cc(F)ccc2OCCn2cc(nn2)CCN(C(=O)c2cn[nH]c2C2CCCCC2)CCNC1=O. The molecule has 1 atom stereocenters. The number of hydrogen-bond donors (Lipinski definition) is 3. The third kappa shape index (κ3) is 7.80. The zero-order chi connectivity index (χ0) is 31.1. The molecule has 1 aliphatic carbocycles. The van der Waals surface area contributed by atoms with Crippen LogP contribution in [0, 0.1) is 11.7 Å². The minimum absolute atomic E-state index is 0.00222. The van der Waals surface area contributed by atoms with Gasteiger partial charge in [0.2, 0.25) is 5.91 Å². The van der Waals surface area contributed by atoms with Crippen molar-refractivity contribution in [1.82, 2.24) is 40.7 Å². The van der Waals surface area contributed by atoms with Gasteiger partial charge in [-0.05, 0) is 43.4 Å². The highest BCUT2D eigenvalue weighted by molar-refractivity contribution is 5.99. The van der Waals surface area contributed by atoms with Gasteiger partial charge < -0.3 is 20.3 Å². The molecule has 2 aromatic heterocycles. The Morgan fingerprint density at radius 1 is 1.14 bits per heavy atom. The van der Waals surface area contributed by atoms with Gasteiger partial charge in [-0.15, -0.1) is 5.10 Å². The summed E-state index contributed by atoms with van der Waals surface area (Å²) in [5.41, 5.74) is 2.13. The second kappa shape index (κ2) is 14.5. The van der Waals surface area contributed by atoms with E-state index in [9.17, 15) is 18.8 Å². The molecule has 13 heteroatoms. The minimum Gasteiger partial charge on any atom is -0.491 e. The van der Waals surface area contributed by atoms with Crippen molar-refractivity contribution in [3.8, 4) is 5.75 Å². The summed E-state index contributed by atoms with van der Waals surface area (Å²) in [4.78, 5) is 42.2. The van der Waals surface area contributed by atoms with Crippen molar-refractivity contribution in [2.75, 3.05) is 26.2 Å². The maximum Gasteiger partial charge on any atom is 0.257 e. The molecule has 3 aromatic rings. The zero-order valence-electron chi connectivity index (χ0n) is 25.4. The van der Waals surface area contributed by atoms with Crippen molar-refractivity contribution in [3.05, 3.63) is 58.9 Å². The number of aromatic amines is 1. The number of nitrogens with one attached hydrogen (secondary N) is 3. The third-order valence-corrected chi connectivity index (χ3v) is 8.20. The molecule has 0 spiro atoms. The predicted octanol–water partition coefficient (Wildman–Crippen LogP) is 3.23. The molecule has 12 nitrogen and oxygen atoms in total. The van der Waals surface area contributed by atoms with E-state index < -0.39 is 17.8 Å². The summed E-state index contributed by atoms with van der Waals surface area (Å²) in [7, 11) is 0. The Kier molecular flexibility index (Phi) is 10.2. The lowest BCUT2D eigenvalue weighted by Crippen LogP contribution is -2.49. The molecule has 0 unspecified atom stereocenters. The largest absolute Gasteiger partial charge is 0.491 e. The van der Waals surface area contributed by atoms with Crippen molar-refractivity contribution in [2.24, 2.45) is 5.92 Å². The highest BCUT2D eigenvalue weighted by Crippen LogP contribution is 2.33. The van der Waals surface area contributed by atoms with Gasteiger partial charge in [0.25, 0.3) is 11.8 Å². The second-order valence-electron chi connectivity index (χ2n) is 12.0. The van der Waals surface area contributed by atoms with Gasteiger partial charge in [0.15, 0.2) is 0 Å². The fraction of sp³-hybridized carbons (Fsp3) is 0.548. The van der Waals surface area contributed by atoms with Crippen molar-refractivity contribution in [1.29, 1.82) is 0 Å². The molecule has 1 aliphatic heterocycles. The topological polar surface area (TPSA) is 147 Å². The molecular formula is C31H41FN8O4. The Morgan fingerprint density at radius 2 is 1.95 bits per heavy atom. The Morgan fingerprint density at radius 3 is 2.75 bits per heavy atom. The lowest BCUT2D eigenvalue weighted by atomic mass is 9.85. The summed E-state index contributed by atoms with van der Waals surface area (Å²) in [6.45, 7) is 5.18. The number of benzene rings is 1. The first-order valence-corrected chi connectivity index (χ1v) is 15.5. The maximum atomic E-state index is 14.2. The first kappa shape index (κ1) is 31.1. The molecule has 5 rings (SSSR count). The Balaban J connectivity index is 1.38. The van der Waals surface area contributed by atoms with Crippen molar-refractivity contribution in [2.45, 2.75) is 77.3 Å². The molecule has 2 bridgehead atoms. The number of ether oxygens (including phenoxy) is 1. The number of fused-ring (bicyclic) bond motifs is 3. The number of carbonyl (C=O) groups is 3. The Bertz CT molecular complexity index is 1450. The van der Waals surface area contributed by atoms with E-state index in [2.05, 4.69) is 31.1 Å². The summed E-state index contributed by atoms with van der Waals surface area (Å²) >= 11 is 0. The predicted molar refractivity (Wildman–Crippen MR) is 160 cm³/mol. The number of H-pyrrole nitrogens is 1. The number of halogens is 1. The molecule has 44 heavy (non-hydrogen) atoms. The van der Waals surface area contributed by atoms with E-state index >= 15 is 0 Å². The van der Waals surface area contributed by atoms with Gasteiger partial charge in [-0.2, -0.15) is 5.10 Å². The number of aromatic nitrogens is 5. The smallest absolute Gasteiger partial charge is 0.257 e. The van der Waals surface area contributed by atoms with Gasteiger partial charge >= 0.3 is 0 Å².